The van der Waals surface area contributed by atoms with Crippen LogP contribution in [0, 0.1) is 0 Å². The fourth-order valence-electron chi connectivity index (χ4n) is 6.02. The summed E-state index contributed by atoms with van der Waals surface area (Å²) >= 11 is 0. The van der Waals surface area contributed by atoms with Gasteiger partial charge >= 0.3 is 19.8 Å². The van der Waals surface area contributed by atoms with E-state index in [1.165, 1.54) is 64.2 Å². The predicted octanol–water partition coefficient (Wildman–Crippen LogP) is 12.7. The summed E-state index contributed by atoms with van der Waals surface area (Å²) in [5.41, 5.74) is 0. The van der Waals surface area contributed by atoms with Gasteiger partial charge in [0.1, 0.15) is 12.7 Å². The van der Waals surface area contributed by atoms with Gasteiger partial charge in [0.25, 0.3) is 0 Å². The lowest BCUT2D eigenvalue weighted by atomic mass is 10.1. The molecule has 0 aromatic rings. The summed E-state index contributed by atoms with van der Waals surface area (Å²) in [6.45, 7) is 2.41. The molecule has 0 heterocycles. The third kappa shape index (κ3) is 43.3. The average molecular weight is 890 g/mol. The molecule has 4 N–H and O–H groups in total. The zero-order valence-corrected chi connectivity index (χ0v) is 39.3. The van der Waals surface area contributed by atoms with Gasteiger partial charge in [-0.15, -0.1) is 0 Å². The molecule has 62 heavy (non-hydrogen) atoms. The zero-order chi connectivity index (χ0) is 45.6. The Hall–Kier alpha value is -3.34. The van der Waals surface area contributed by atoms with Crippen LogP contribution in [-0.4, -0.2) is 64.9 Å². The number of allylic oxidation sites excluding steroid dienone is 14. The first kappa shape index (κ1) is 58.7. The second-order valence-electron chi connectivity index (χ2n) is 15.6. The number of hydrogen-bond acceptors (Lipinski definition) is 8. The van der Waals surface area contributed by atoms with Crippen LogP contribution in [0.2, 0.25) is 0 Å². The Bertz CT molecular complexity index is 1370. The van der Waals surface area contributed by atoms with E-state index in [1.54, 1.807) is 0 Å². The highest BCUT2D eigenvalue weighted by molar-refractivity contribution is 7.47. The van der Waals surface area contributed by atoms with Crippen LogP contribution in [0.4, 0.5) is 0 Å². The molecule has 0 aliphatic rings. The number of aliphatic hydroxyl groups is 1. The Morgan fingerprint density at radius 1 is 0.532 bits per heavy atom. The van der Waals surface area contributed by atoms with Crippen LogP contribution in [0.5, 0.6) is 0 Å². The standard InChI is InChI=1S/C50H84NO10P/c1-3-5-7-9-11-13-15-17-19-20-21-22-23-24-25-26-28-30-32-34-36-38-40-42-49(54)59-43-46(52)44-60-62(57,58)61-45-47(50(55)56)51-48(53)41-39-37-35-33-31-29-27-18-16-14-12-10-8-6-4-2/h6,8,11-14,17-19,21-22,27,31,33,46-47,52H,3-5,7,9-10,15-16,20,23-26,28-30,32,34-45H2,1-2H3,(H,51,53)(H,55,56)(H,57,58)/b8-6-,13-11-,14-12-,19-17-,22-21-,27-18-,33-31-. The van der Waals surface area contributed by atoms with E-state index in [9.17, 15) is 34.1 Å². The van der Waals surface area contributed by atoms with Gasteiger partial charge in [-0.05, 0) is 89.9 Å². The Morgan fingerprint density at radius 2 is 0.935 bits per heavy atom. The summed E-state index contributed by atoms with van der Waals surface area (Å²) in [6, 6.07) is -1.57. The van der Waals surface area contributed by atoms with Crippen LogP contribution in [0.1, 0.15) is 181 Å². The summed E-state index contributed by atoms with van der Waals surface area (Å²) < 4.78 is 26.9. The van der Waals surface area contributed by atoms with Gasteiger partial charge in [0.2, 0.25) is 5.91 Å². The number of carboxylic acids is 1. The van der Waals surface area contributed by atoms with E-state index in [0.717, 1.165) is 77.0 Å². The summed E-state index contributed by atoms with van der Waals surface area (Å²) in [6.07, 6.45) is 54.7. The van der Waals surface area contributed by atoms with Gasteiger partial charge in [0.15, 0.2) is 6.04 Å². The van der Waals surface area contributed by atoms with Gasteiger partial charge in [0.05, 0.1) is 13.2 Å². The van der Waals surface area contributed by atoms with Crippen molar-refractivity contribution in [2.24, 2.45) is 0 Å². The largest absolute Gasteiger partial charge is 0.480 e. The minimum absolute atomic E-state index is 0.0889. The molecule has 0 fully saturated rings. The van der Waals surface area contributed by atoms with Crippen molar-refractivity contribution in [2.45, 2.75) is 193 Å². The second kappa shape index (κ2) is 44.3. The van der Waals surface area contributed by atoms with E-state index < -0.39 is 57.6 Å². The molecule has 12 heteroatoms. The number of carbonyl (C=O) groups excluding carboxylic acids is 2. The van der Waals surface area contributed by atoms with Gasteiger partial charge in [-0.3, -0.25) is 18.6 Å². The van der Waals surface area contributed by atoms with E-state index in [4.69, 9.17) is 13.8 Å². The van der Waals surface area contributed by atoms with Crippen LogP contribution in [0.25, 0.3) is 0 Å². The van der Waals surface area contributed by atoms with Crippen molar-refractivity contribution in [1.29, 1.82) is 0 Å². The van der Waals surface area contributed by atoms with Gasteiger partial charge in [-0.25, -0.2) is 9.36 Å². The number of aliphatic carboxylic acids is 1. The summed E-state index contributed by atoms with van der Waals surface area (Å²) in [5, 5.41) is 21.8. The Balaban J connectivity index is 3.90. The van der Waals surface area contributed by atoms with Gasteiger partial charge in [-0.2, -0.15) is 0 Å². The third-order valence-corrected chi connectivity index (χ3v) is 10.6. The van der Waals surface area contributed by atoms with Gasteiger partial charge < -0.3 is 25.2 Å². The van der Waals surface area contributed by atoms with Gasteiger partial charge in [-0.1, -0.05) is 163 Å². The molecule has 354 valence electrons. The summed E-state index contributed by atoms with van der Waals surface area (Å²) in [7, 11) is -4.78. The van der Waals surface area contributed by atoms with Crippen LogP contribution >= 0.6 is 7.82 Å². The lowest BCUT2D eigenvalue weighted by molar-refractivity contribution is -0.147. The number of amides is 1. The minimum Gasteiger partial charge on any atom is -0.480 e. The van der Waals surface area contributed by atoms with E-state index >= 15 is 0 Å². The molecule has 0 saturated heterocycles. The highest BCUT2D eigenvalue weighted by Gasteiger charge is 2.28. The maximum Gasteiger partial charge on any atom is 0.472 e. The van der Waals surface area contributed by atoms with Crippen molar-refractivity contribution in [3.05, 3.63) is 85.1 Å². The highest BCUT2D eigenvalue weighted by atomic mass is 31.2. The number of aliphatic hydroxyl groups excluding tert-OH is 1. The van der Waals surface area contributed by atoms with E-state index in [-0.39, 0.29) is 12.8 Å². The first-order valence-corrected chi connectivity index (χ1v) is 25.1. The lowest BCUT2D eigenvalue weighted by Gasteiger charge is -2.18. The predicted molar refractivity (Wildman–Crippen MR) is 254 cm³/mol. The minimum atomic E-state index is -4.78. The Kier molecular flexibility index (Phi) is 41.9. The Labute approximate surface area is 375 Å². The summed E-state index contributed by atoms with van der Waals surface area (Å²) in [5.74, 6) is -2.44. The number of rotatable bonds is 43. The Morgan fingerprint density at radius 3 is 1.42 bits per heavy atom. The highest BCUT2D eigenvalue weighted by Crippen LogP contribution is 2.43. The molecule has 0 aromatic heterocycles. The zero-order valence-electron chi connectivity index (χ0n) is 38.4. The number of carboxylic acid groups (broad SMARTS) is 1. The van der Waals surface area contributed by atoms with Crippen molar-refractivity contribution >= 4 is 25.7 Å². The van der Waals surface area contributed by atoms with Crippen LogP contribution in [0.3, 0.4) is 0 Å². The fraction of sp³-hybridized carbons (Fsp3) is 0.660. The molecule has 0 aromatic carbocycles. The topological polar surface area (TPSA) is 169 Å². The molecule has 0 bridgehead atoms. The number of unbranched alkanes of at least 4 members (excludes halogenated alkanes) is 15. The van der Waals surface area contributed by atoms with E-state index in [0.29, 0.717) is 12.8 Å². The van der Waals surface area contributed by atoms with Crippen molar-refractivity contribution in [2.75, 3.05) is 19.8 Å². The molecule has 0 spiro atoms. The number of phosphoric ester groups is 1. The molecule has 0 rings (SSSR count). The quantitative estimate of drug-likeness (QED) is 0.0200. The average Bonchev–Trinajstić information content (AvgIpc) is 3.25. The number of ether oxygens (including phenoxy) is 1. The van der Waals surface area contributed by atoms with Crippen molar-refractivity contribution in [3.8, 4) is 0 Å². The summed E-state index contributed by atoms with van der Waals surface area (Å²) in [4.78, 5) is 46.0. The van der Waals surface area contributed by atoms with Crippen LogP contribution in [0.15, 0.2) is 85.1 Å². The van der Waals surface area contributed by atoms with Crippen molar-refractivity contribution < 1.29 is 47.8 Å². The SMILES string of the molecule is CC/C=C\C/C=C\C/C=C\C/C=C\CCCCC(=O)NC(COP(=O)(O)OCC(O)COC(=O)CCCCCCCCCCCC/C=C\C/C=C\C/C=C\CCCCC)C(=O)O. The molecule has 11 nitrogen and oxygen atoms in total. The van der Waals surface area contributed by atoms with Crippen molar-refractivity contribution in [1.82, 2.24) is 5.32 Å². The number of carbonyl (C=O) groups is 3. The number of phosphoric acid groups is 1. The number of esters is 1. The molecule has 3 unspecified atom stereocenters. The first-order chi connectivity index (χ1) is 30.1. The van der Waals surface area contributed by atoms with Crippen molar-refractivity contribution in [3.63, 3.8) is 0 Å². The molecule has 0 aliphatic carbocycles. The molecular weight excluding hydrogens is 806 g/mol. The van der Waals surface area contributed by atoms with Crippen LogP contribution in [-0.2, 0) is 32.7 Å². The van der Waals surface area contributed by atoms with E-state index in [2.05, 4.69) is 98.2 Å². The lowest BCUT2D eigenvalue weighted by Crippen LogP contribution is -2.43. The smallest absolute Gasteiger partial charge is 0.472 e. The normalized spacial score (nSPS) is 14.4. The molecule has 1 amide bonds. The third-order valence-electron chi connectivity index (χ3n) is 9.67. The maximum absolute atomic E-state index is 12.3. The van der Waals surface area contributed by atoms with Gasteiger partial charge in [0, 0.05) is 12.8 Å². The molecule has 0 aliphatic heterocycles. The number of nitrogens with one attached hydrogen (secondary N) is 1. The maximum atomic E-state index is 12.3. The fourth-order valence-corrected chi connectivity index (χ4v) is 6.79. The molecule has 3 atom stereocenters. The monoisotopic (exact) mass is 890 g/mol. The second-order valence-corrected chi connectivity index (χ2v) is 17.0. The first-order valence-electron chi connectivity index (χ1n) is 23.6. The van der Waals surface area contributed by atoms with Crippen LogP contribution < -0.4 is 5.32 Å². The molecular formula is C50H84NO10P. The molecule has 0 saturated carbocycles. The number of hydrogen-bond donors (Lipinski definition) is 4. The molecule has 0 radical (unpaired) electrons. The van der Waals surface area contributed by atoms with E-state index in [1.807, 2.05) is 6.08 Å².